The van der Waals surface area contributed by atoms with Gasteiger partial charge in [-0.05, 0) is 32.0 Å². The average Bonchev–Trinajstić information content (AvgIpc) is 2.82. The predicted octanol–water partition coefficient (Wildman–Crippen LogP) is 2.58. The van der Waals surface area contributed by atoms with E-state index in [2.05, 4.69) is 41.9 Å². The highest BCUT2D eigenvalue weighted by Crippen LogP contribution is 2.27. The molecule has 0 bridgehead atoms. The van der Waals surface area contributed by atoms with Gasteiger partial charge in [-0.3, -0.25) is 9.88 Å². The number of aryl methyl sites for hydroxylation is 2. The summed E-state index contributed by atoms with van der Waals surface area (Å²) >= 11 is 0. The lowest BCUT2D eigenvalue weighted by atomic mass is 10.1. The molecule has 2 heterocycles. The third-order valence-corrected chi connectivity index (χ3v) is 3.93. The molecule has 0 saturated heterocycles. The SMILES string of the molecule is CCc1nn(C)c(OC)c1CN(C)[C@H](C)c1cccnc1. The van der Waals surface area contributed by atoms with E-state index in [1.165, 1.54) is 11.1 Å². The number of hydrogen-bond acceptors (Lipinski definition) is 4. The van der Waals surface area contributed by atoms with E-state index in [1.807, 2.05) is 24.0 Å². The van der Waals surface area contributed by atoms with Crippen molar-refractivity contribution >= 4 is 0 Å². The van der Waals surface area contributed by atoms with Gasteiger partial charge in [0.2, 0.25) is 5.88 Å². The molecule has 0 amide bonds. The molecule has 2 aromatic heterocycles. The van der Waals surface area contributed by atoms with Crippen LogP contribution in [-0.4, -0.2) is 33.8 Å². The summed E-state index contributed by atoms with van der Waals surface area (Å²) in [7, 11) is 5.74. The zero-order valence-corrected chi connectivity index (χ0v) is 13.5. The Morgan fingerprint density at radius 2 is 2.19 bits per heavy atom. The zero-order valence-electron chi connectivity index (χ0n) is 13.5. The highest BCUT2D eigenvalue weighted by molar-refractivity contribution is 5.32. The van der Waals surface area contributed by atoms with Crippen LogP contribution in [0.5, 0.6) is 5.88 Å². The molecule has 5 heteroatoms. The van der Waals surface area contributed by atoms with E-state index in [9.17, 15) is 0 Å². The molecule has 0 aliphatic rings. The lowest BCUT2D eigenvalue weighted by molar-refractivity contribution is 0.247. The van der Waals surface area contributed by atoms with Crippen LogP contribution in [0.25, 0.3) is 0 Å². The quantitative estimate of drug-likeness (QED) is 0.819. The highest BCUT2D eigenvalue weighted by Gasteiger charge is 2.20. The van der Waals surface area contributed by atoms with Crippen molar-refractivity contribution in [3.63, 3.8) is 0 Å². The minimum Gasteiger partial charge on any atom is -0.481 e. The molecule has 2 aromatic rings. The maximum Gasteiger partial charge on any atom is 0.216 e. The molecule has 0 fully saturated rings. The standard InChI is InChI=1S/C16H24N4O/c1-6-15-14(16(21-5)20(4)18-15)11-19(3)12(2)13-8-7-9-17-10-13/h7-10,12H,6,11H2,1-5H3/t12-/m1/s1. The fourth-order valence-corrected chi connectivity index (χ4v) is 2.57. The first-order valence-corrected chi connectivity index (χ1v) is 7.27. The Morgan fingerprint density at radius 3 is 2.76 bits per heavy atom. The van der Waals surface area contributed by atoms with Crippen LogP contribution in [0.3, 0.4) is 0 Å². The van der Waals surface area contributed by atoms with E-state index in [-0.39, 0.29) is 6.04 Å². The van der Waals surface area contributed by atoms with Crippen LogP contribution in [0.1, 0.15) is 36.7 Å². The van der Waals surface area contributed by atoms with Gasteiger partial charge in [0, 0.05) is 32.0 Å². The summed E-state index contributed by atoms with van der Waals surface area (Å²) in [6.45, 7) is 5.11. The molecule has 1 atom stereocenters. The smallest absolute Gasteiger partial charge is 0.216 e. The van der Waals surface area contributed by atoms with Gasteiger partial charge in [0.25, 0.3) is 0 Å². The molecule has 0 N–H and O–H groups in total. The first-order chi connectivity index (χ1) is 10.1. The molecule has 114 valence electrons. The van der Waals surface area contributed by atoms with E-state index in [0.717, 1.165) is 24.5 Å². The second-order valence-corrected chi connectivity index (χ2v) is 5.29. The summed E-state index contributed by atoms with van der Waals surface area (Å²) in [6.07, 6.45) is 4.62. The van der Waals surface area contributed by atoms with Gasteiger partial charge in [-0.25, -0.2) is 4.68 Å². The van der Waals surface area contributed by atoms with Crippen molar-refractivity contribution in [3.05, 3.63) is 41.3 Å². The number of hydrogen-bond donors (Lipinski definition) is 0. The third-order valence-electron chi connectivity index (χ3n) is 3.93. The largest absolute Gasteiger partial charge is 0.481 e. The second kappa shape index (κ2) is 6.72. The highest BCUT2D eigenvalue weighted by atomic mass is 16.5. The van der Waals surface area contributed by atoms with Gasteiger partial charge in [-0.2, -0.15) is 5.10 Å². The minimum absolute atomic E-state index is 0.285. The van der Waals surface area contributed by atoms with Crippen LogP contribution < -0.4 is 4.74 Å². The Labute approximate surface area is 126 Å². The van der Waals surface area contributed by atoms with Gasteiger partial charge < -0.3 is 4.74 Å². The number of pyridine rings is 1. The summed E-state index contributed by atoms with van der Waals surface area (Å²) in [4.78, 5) is 6.49. The second-order valence-electron chi connectivity index (χ2n) is 5.29. The molecule has 0 aliphatic carbocycles. The molecule has 2 rings (SSSR count). The van der Waals surface area contributed by atoms with Gasteiger partial charge in [-0.15, -0.1) is 0 Å². The summed E-state index contributed by atoms with van der Waals surface area (Å²) < 4.78 is 7.32. The van der Waals surface area contributed by atoms with Crippen molar-refractivity contribution in [2.24, 2.45) is 7.05 Å². The van der Waals surface area contributed by atoms with Crippen molar-refractivity contribution in [1.82, 2.24) is 19.7 Å². The van der Waals surface area contributed by atoms with Crippen molar-refractivity contribution in [3.8, 4) is 5.88 Å². The van der Waals surface area contributed by atoms with E-state index in [0.29, 0.717) is 0 Å². The van der Waals surface area contributed by atoms with Crippen LogP contribution >= 0.6 is 0 Å². The number of aromatic nitrogens is 3. The van der Waals surface area contributed by atoms with Crippen molar-refractivity contribution in [2.75, 3.05) is 14.2 Å². The summed E-state index contributed by atoms with van der Waals surface area (Å²) in [6, 6.07) is 4.37. The lowest BCUT2D eigenvalue weighted by Gasteiger charge is -2.25. The Kier molecular flexibility index (Phi) is 4.96. The Morgan fingerprint density at radius 1 is 1.43 bits per heavy atom. The number of rotatable bonds is 6. The summed E-state index contributed by atoms with van der Waals surface area (Å²) in [5.41, 5.74) is 3.47. The molecule has 0 spiro atoms. The summed E-state index contributed by atoms with van der Waals surface area (Å²) in [5.74, 6) is 0.845. The monoisotopic (exact) mass is 288 g/mol. The maximum absolute atomic E-state index is 5.51. The van der Waals surface area contributed by atoms with Gasteiger partial charge in [0.15, 0.2) is 0 Å². The van der Waals surface area contributed by atoms with Crippen LogP contribution in [0.2, 0.25) is 0 Å². The topological polar surface area (TPSA) is 43.2 Å². The fourth-order valence-electron chi connectivity index (χ4n) is 2.57. The lowest BCUT2D eigenvalue weighted by Crippen LogP contribution is -2.22. The molecule has 0 aliphatic heterocycles. The zero-order chi connectivity index (χ0) is 15.4. The van der Waals surface area contributed by atoms with Gasteiger partial charge in [-0.1, -0.05) is 13.0 Å². The molecule has 0 aromatic carbocycles. The third kappa shape index (κ3) is 3.24. The maximum atomic E-state index is 5.51. The van der Waals surface area contributed by atoms with E-state index in [4.69, 9.17) is 4.74 Å². The van der Waals surface area contributed by atoms with Crippen LogP contribution in [0.4, 0.5) is 0 Å². The van der Waals surface area contributed by atoms with E-state index in [1.54, 1.807) is 13.3 Å². The Hall–Kier alpha value is -1.88. The molecular weight excluding hydrogens is 264 g/mol. The van der Waals surface area contributed by atoms with Crippen LogP contribution in [0, 0.1) is 0 Å². The molecule has 21 heavy (non-hydrogen) atoms. The molecule has 5 nitrogen and oxygen atoms in total. The Balaban J connectivity index is 2.21. The predicted molar refractivity (Wildman–Crippen MR) is 83.3 cm³/mol. The molecule has 0 saturated carbocycles. The number of methoxy groups -OCH3 is 1. The van der Waals surface area contributed by atoms with E-state index >= 15 is 0 Å². The Bertz CT molecular complexity index is 579. The fraction of sp³-hybridized carbons (Fsp3) is 0.500. The van der Waals surface area contributed by atoms with Crippen LogP contribution in [0.15, 0.2) is 24.5 Å². The number of ether oxygens (including phenoxy) is 1. The normalized spacial score (nSPS) is 12.7. The molecule has 0 radical (unpaired) electrons. The molecular formula is C16H24N4O. The van der Waals surface area contributed by atoms with Crippen molar-refractivity contribution < 1.29 is 4.74 Å². The van der Waals surface area contributed by atoms with Crippen LogP contribution in [-0.2, 0) is 20.0 Å². The first kappa shape index (κ1) is 15.5. The van der Waals surface area contributed by atoms with Gasteiger partial charge >= 0.3 is 0 Å². The minimum atomic E-state index is 0.285. The van der Waals surface area contributed by atoms with Gasteiger partial charge in [0.05, 0.1) is 18.4 Å². The number of nitrogens with zero attached hydrogens (tertiary/aromatic N) is 4. The first-order valence-electron chi connectivity index (χ1n) is 7.27. The summed E-state index contributed by atoms with van der Waals surface area (Å²) in [5, 5.41) is 4.54. The molecule has 0 unspecified atom stereocenters. The van der Waals surface area contributed by atoms with Gasteiger partial charge in [0.1, 0.15) is 0 Å². The van der Waals surface area contributed by atoms with Crippen molar-refractivity contribution in [2.45, 2.75) is 32.9 Å². The average molecular weight is 288 g/mol. The van der Waals surface area contributed by atoms with Crippen molar-refractivity contribution in [1.29, 1.82) is 0 Å². The van der Waals surface area contributed by atoms with E-state index < -0.39 is 0 Å².